The minimum Gasteiger partial charge on any atom is -0.434 e. The lowest BCUT2D eigenvalue weighted by Gasteiger charge is -2.41. The summed E-state index contributed by atoms with van der Waals surface area (Å²) in [6.07, 6.45) is 0.163. The number of benzene rings is 2. The van der Waals surface area contributed by atoms with E-state index in [2.05, 4.69) is 10.1 Å². The van der Waals surface area contributed by atoms with Crippen LogP contribution < -0.4 is 10.1 Å². The van der Waals surface area contributed by atoms with E-state index in [9.17, 15) is 13.6 Å². The van der Waals surface area contributed by atoms with Crippen molar-refractivity contribution in [2.24, 2.45) is 0 Å². The van der Waals surface area contributed by atoms with Gasteiger partial charge in [0.05, 0.1) is 5.56 Å². The predicted molar refractivity (Wildman–Crippen MR) is 91.8 cm³/mol. The monoisotopic (exact) mass is 346 g/mol. The van der Waals surface area contributed by atoms with Crippen molar-refractivity contribution in [2.45, 2.75) is 39.1 Å². The van der Waals surface area contributed by atoms with E-state index in [1.807, 2.05) is 26.0 Å². The zero-order valence-corrected chi connectivity index (χ0v) is 14.1. The highest BCUT2D eigenvalue weighted by molar-refractivity contribution is 6.02. The highest BCUT2D eigenvalue weighted by atomic mass is 19.3. The van der Waals surface area contributed by atoms with Gasteiger partial charge in [0.15, 0.2) is 0 Å². The molecule has 0 bridgehead atoms. The van der Waals surface area contributed by atoms with Crippen LogP contribution in [-0.2, 0) is 0 Å². The summed E-state index contributed by atoms with van der Waals surface area (Å²) < 4.78 is 30.2. The molecule has 25 heavy (non-hydrogen) atoms. The van der Waals surface area contributed by atoms with Crippen LogP contribution in [0.4, 0.5) is 14.5 Å². The molecule has 132 valence electrons. The number of fused-ring (bicyclic) bond motifs is 1. The predicted octanol–water partition coefficient (Wildman–Crippen LogP) is 4.65. The van der Waals surface area contributed by atoms with Gasteiger partial charge in [-0.3, -0.25) is 4.79 Å². The van der Waals surface area contributed by atoms with Crippen molar-refractivity contribution in [2.75, 3.05) is 5.32 Å². The van der Waals surface area contributed by atoms with Crippen LogP contribution in [0.3, 0.4) is 0 Å². The Labute approximate surface area is 145 Å². The molecule has 0 fully saturated rings. The van der Waals surface area contributed by atoms with Crippen molar-refractivity contribution >= 4 is 11.6 Å². The Morgan fingerprint density at radius 3 is 2.56 bits per heavy atom. The number of hydrogen-bond acceptors (Lipinski definition) is 3. The topological polar surface area (TPSA) is 41.6 Å². The van der Waals surface area contributed by atoms with Crippen LogP contribution in [-0.4, -0.2) is 23.5 Å². The number of hydrogen-bond donors (Lipinski definition) is 1. The second-order valence-corrected chi connectivity index (χ2v) is 5.98. The fourth-order valence-electron chi connectivity index (χ4n) is 3.06. The Kier molecular flexibility index (Phi) is 4.88. The number of alkyl halides is 2. The highest BCUT2D eigenvalue weighted by Crippen LogP contribution is 2.38. The Bertz CT molecular complexity index is 767. The maximum absolute atomic E-state index is 13.0. The largest absolute Gasteiger partial charge is 0.434 e. The molecule has 1 N–H and O–H groups in total. The van der Waals surface area contributed by atoms with Crippen LogP contribution in [0.15, 0.2) is 48.5 Å². The van der Waals surface area contributed by atoms with Gasteiger partial charge in [0.25, 0.3) is 5.91 Å². The number of amides is 1. The molecule has 0 spiro atoms. The van der Waals surface area contributed by atoms with Gasteiger partial charge < -0.3 is 15.0 Å². The molecular weight excluding hydrogens is 326 g/mol. The van der Waals surface area contributed by atoms with Gasteiger partial charge in [0, 0.05) is 17.3 Å². The molecule has 1 aliphatic heterocycles. The third-order valence-corrected chi connectivity index (χ3v) is 4.46. The lowest BCUT2D eigenvalue weighted by molar-refractivity contribution is -0.0510. The second-order valence-electron chi connectivity index (χ2n) is 5.98. The fraction of sp³-hybridized carbons (Fsp3) is 0.316. The Morgan fingerprint density at radius 2 is 1.84 bits per heavy atom. The molecule has 2 aromatic rings. The number of ether oxygens (including phenoxy) is 1. The summed E-state index contributed by atoms with van der Waals surface area (Å²) >= 11 is 0. The maximum atomic E-state index is 13.0. The summed E-state index contributed by atoms with van der Waals surface area (Å²) in [7, 11) is 0. The van der Waals surface area contributed by atoms with E-state index < -0.39 is 12.8 Å². The Morgan fingerprint density at radius 1 is 1.16 bits per heavy atom. The van der Waals surface area contributed by atoms with Crippen LogP contribution in [0.2, 0.25) is 0 Å². The maximum Gasteiger partial charge on any atom is 0.387 e. The molecule has 0 aromatic heterocycles. The molecule has 0 saturated carbocycles. The number of para-hydroxylation sites is 2. The summed E-state index contributed by atoms with van der Waals surface area (Å²) in [5, 5.41) is 3.30. The molecule has 0 saturated heterocycles. The quantitative estimate of drug-likeness (QED) is 0.857. The van der Waals surface area contributed by atoms with Crippen LogP contribution in [0.1, 0.15) is 42.4 Å². The van der Waals surface area contributed by atoms with Crippen molar-refractivity contribution in [3.63, 3.8) is 0 Å². The zero-order chi connectivity index (χ0) is 18.0. The number of carbonyl (C=O) groups is 1. The molecule has 1 heterocycles. The average Bonchev–Trinajstić information content (AvgIpc) is 2.61. The molecule has 6 heteroatoms. The number of rotatable bonds is 5. The average molecular weight is 346 g/mol. The molecule has 0 radical (unpaired) electrons. The van der Waals surface area contributed by atoms with Crippen molar-refractivity contribution in [1.82, 2.24) is 4.90 Å². The van der Waals surface area contributed by atoms with Crippen molar-refractivity contribution in [1.29, 1.82) is 0 Å². The number of nitrogens with one attached hydrogen (secondary N) is 1. The summed E-state index contributed by atoms with van der Waals surface area (Å²) in [4.78, 5) is 14.7. The molecule has 3 rings (SSSR count). The lowest BCUT2D eigenvalue weighted by atomic mass is 10.0. The molecule has 4 nitrogen and oxygen atoms in total. The van der Waals surface area contributed by atoms with Gasteiger partial charge in [0.1, 0.15) is 11.9 Å². The van der Waals surface area contributed by atoms with E-state index in [4.69, 9.17) is 0 Å². The van der Waals surface area contributed by atoms with Gasteiger partial charge in [-0.05, 0) is 31.5 Å². The third kappa shape index (κ3) is 3.29. The van der Waals surface area contributed by atoms with E-state index in [0.717, 1.165) is 6.42 Å². The minimum atomic E-state index is -2.93. The fourth-order valence-corrected chi connectivity index (χ4v) is 3.06. The number of carbonyl (C=O) groups excluding carboxylic acids is 1. The number of halogens is 2. The van der Waals surface area contributed by atoms with Crippen LogP contribution >= 0.6 is 0 Å². The summed E-state index contributed by atoms with van der Waals surface area (Å²) in [6.45, 7) is 0.999. The van der Waals surface area contributed by atoms with E-state index in [1.54, 1.807) is 35.2 Å². The molecule has 0 unspecified atom stereocenters. The first-order valence-electron chi connectivity index (χ1n) is 8.25. The molecule has 1 aliphatic rings. The van der Waals surface area contributed by atoms with E-state index >= 15 is 0 Å². The third-order valence-electron chi connectivity index (χ3n) is 4.46. The molecule has 2 aromatic carbocycles. The van der Waals surface area contributed by atoms with Gasteiger partial charge >= 0.3 is 6.61 Å². The number of nitrogens with zero attached hydrogens (tertiary/aromatic N) is 1. The summed E-state index contributed by atoms with van der Waals surface area (Å²) in [5.41, 5.74) is 1.76. The van der Waals surface area contributed by atoms with Crippen molar-refractivity contribution < 1.29 is 18.3 Å². The molecule has 1 amide bonds. The van der Waals surface area contributed by atoms with Gasteiger partial charge in [-0.1, -0.05) is 37.3 Å². The standard InChI is InChI=1S/C19H20F2N2O2/c1-3-12(2)23-17(14-9-5-7-11-16(14)25-19(20)21)22-15-10-6-4-8-13(15)18(23)24/h4-12,17,19,22H,3H2,1-2H3/t12-,17-/m0/s1. The smallest absolute Gasteiger partial charge is 0.387 e. The normalized spacial score (nSPS) is 17.9. The van der Waals surface area contributed by atoms with Crippen molar-refractivity contribution in [3.05, 3.63) is 59.7 Å². The minimum absolute atomic E-state index is 0.0653. The first kappa shape index (κ1) is 17.2. The van der Waals surface area contributed by atoms with Gasteiger partial charge in [-0.2, -0.15) is 8.78 Å². The molecule has 0 aliphatic carbocycles. The summed E-state index contributed by atoms with van der Waals surface area (Å²) in [5.74, 6) is -0.0592. The van der Waals surface area contributed by atoms with Crippen LogP contribution in [0.5, 0.6) is 5.75 Å². The van der Waals surface area contributed by atoms with Gasteiger partial charge in [-0.15, -0.1) is 0 Å². The summed E-state index contributed by atoms with van der Waals surface area (Å²) in [6, 6.07) is 13.7. The SMILES string of the molecule is CC[C@H](C)N1C(=O)c2ccccc2N[C@@H]1c1ccccc1OC(F)F. The Hall–Kier alpha value is -2.63. The molecule has 2 atom stereocenters. The lowest BCUT2D eigenvalue weighted by Crippen LogP contribution is -2.47. The first-order valence-corrected chi connectivity index (χ1v) is 8.25. The second kappa shape index (κ2) is 7.09. The molecular formula is C19H20F2N2O2. The van der Waals surface area contributed by atoms with E-state index in [1.165, 1.54) is 6.07 Å². The van der Waals surface area contributed by atoms with Crippen molar-refractivity contribution in [3.8, 4) is 5.75 Å². The van der Waals surface area contributed by atoms with Gasteiger partial charge in [0.2, 0.25) is 0 Å². The number of anilines is 1. The van der Waals surface area contributed by atoms with E-state index in [-0.39, 0.29) is 17.7 Å². The van der Waals surface area contributed by atoms with Crippen LogP contribution in [0.25, 0.3) is 0 Å². The van der Waals surface area contributed by atoms with Crippen LogP contribution in [0, 0.1) is 0 Å². The first-order chi connectivity index (χ1) is 12.0. The van der Waals surface area contributed by atoms with Gasteiger partial charge in [-0.25, -0.2) is 0 Å². The highest BCUT2D eigenvalue weighted by Gasteiger charge is 2.36. The Balaban J connectivity index is 2.09. The van der Waals surface area contributed by atoms with E-state index in [0.29, 0.717) is 16.8 Å². The zero-order valence-electron chi connectivity index (χ0n) is 14.1.